The van der Waals surface area contributed by atoms with E-state index < -0.39 is 0 Å². The molecule has 16 aromatic carbocycles. The zero-order chi connectivity index (χ0) is 74.0. The molecular formula is C104H85BN4. The lowest BCUT2D eigenvalue weighted by atomic mass is 9.33. The van der Waals surface area contributed by atoms with E-state index in [9.17, 15) is 0 Å². The van der Waals surface area contributed by atoms with Crippen LogP contribution in [0, 0.1) is 0 Å². The summed E-state index contributed by atoms with van der Waals surface area (Å²) in [6.07, 6.45) is 0. The van der Waals surface area contributed by atoms with Gasteiger partial charge in [0.2, 0.25) is 0 Å². The third kappa shape index (κ3) is 11.3. The number of hydrogen-bond donors (Lipinski definition) is 0. The molecule has 5 heteroatoms. The van der Waals surface area contributed by atoms with Crippen LogP contribution in [-0.4, -0.2) is 11.3 Å². The van der Waals surface area contributed by atoms with E-state index in [4.69, 9.17) is 0 Å². The average Bonchev–Trinajstić information content (AvgIpc) is 0.884. The highest BCUT2D eigenvalue weighted by atomic mass is 15.2. The number of nitrogens with zero attached hydrogens (tertiary/aromatic N) is 4. The van der Waals surface area contributed by atoms with Gasteiger partial charge in [-0.1, -0.05) is 323 Å². The molecule has 0 atom stereocenters. The van der Waals surface area contributed by atoms with Crippen LogP contribution in [0.4, 0.5) is 51.2 Å². The van der Waals surface area contributed by atoms with Gasteiger partial charge in [-0.3, -0.25) is 0 Å². The number of rotatable bonds is 11. The van der Waals surface area contributed by atoms with Gasteiger partial charge in [-0.2, -0.15) is 0 Å². The topological polar surface area (TPSA) is 14.7 Å². The molecule has 524 valence electrons. The second kappa shape index (κ2) is 26.1. The molecule has 0 bridgehead atoms. The lowest BCUT2D eigenvalue weighted by molar-refractivity contribution is 0.590. The highest BCUT2D eigenvalue weighted by molar-refractivity contribution is 7.00. The van der Waals surface area contributed by atoms with Crippen molar-refractivity contribution in [3.05, 3.63) is 369 Å². The SMILES string of the molecule is CC(C)(C)c1cc(-c2ccccc2)c(N2c3cc(-c4c5ccccc5c(N(c5ccccc5)c5ccccc5)c5ccccc45)ccc3B3c4ccc(-n5c6ccccc6c6ccccc65)cc4N(c4c(-c5ccccc5)cc(C(C)(C)C)cc4-c4ccccc4)c4cc(C(C)(C)C)cc2c43)c(-c2ccccc2)c1. The van der Waals surface area contributed by atoms with Crippen LogP contribution in [-0.2, 0) is 16.2 Å². The Morgan fingerprint density at radius 3 is 0.972 bits per heavy atom. The molecule has 0 saturated heterocycles. The first-order valence-electron chi connectivity index (χ1n) is 38.5. The van der Waals surface area contributed by atoms with Gasteiger partial charge in [0.05, 0.1) is 28.1 Å². The fourth-order valence-electron chi connectivity index (χ4n) is 17.6. The summed E-state index contributed by atoms with van der Waals surface area (Å²) in [5.41, 5.74) is 31.9. The zero-order valence-corrected chi connectivity index (χ0v) is 63.4. The summed E-state index contributed by atoms with van der Waals surface area (Å²) in [7, 11) is 0. The molecule has 2 aliphatic heterocycles. The molecule has 0 saturated carbocycles. The Morgan fingerprint density at radius 2 is 0.587 bits per heavy atom. The number of hydrogen-bond acceptors (Lipinski definition) is 3. The van der Waals surface area contributed by atoms with E-state index in [1.165, 1.54) is 93.1 Å². The van der Waals surface area contributed by atoms with Crippen LogP contribution in [0.25, 0.3) is 105 Å². The Bertz CT molecular complexity index is 6130. The highest BCUT2D eigenvalue weighted by Crippen LogP contribution is 2.57. The van der Waals surface area contributed by atoms with Crippen LogP contribution >= 0.6 is 0 Å². The predicted octanol–water partition coefficient (Wildman–Crippen LogP) is 26.9. The normalized spacial score (nSPS) is 12.8. The van der Waals surface area contributed by atoms with Crippen LogP contribution in [0.1, 0.15) is 79.0 Å². The number of aromatic nitrogens is 1. The van der Waals surface area contributed by atoms with Gasteiger partial charge in [-0.15, -0.1) is 0 Å². The molecule has 0 aliphatic carbocycles. The smallest absolute Gasteiger partial charge is 0.252 e. The average molecular weight is 1400 g/mol. The molecular weight excluding hydrogens is 1320 g/mol. The largest absolute Gasteiger partial charge is 0.310 e. The van der Waals surface area contributed by atoms with Crippen LogP contribution in [0.5, 0.6) is 0 Å². The Kier molecular flexibility index (Phi) is 16.0. The second-order valence-electron chi connectivity index (χ2n) is 32.8. The van der Waals surface area contributed by atoms with Crippen molar-refractivity contribution in [2.24, 2.45) is 0 Å². The van der Waals surface area contributed by atoms with Gasteiger partial charge in [0.15, 0.2) is 0 Å². The highest BCUT2D eigenvalue weighted by Gasteiger charge is 2.47. The minimum absolute atomic E-state index is 0.199. The molecule has 0 unspecified atom stereocenters. The quantitative estimate of drug-likeness (QED) is 0.0947. The maximum Gasteiger partial charge on any atom is 0.252 e. The first-order chi connectivity index (χ1) is 53.0. The molecule has 4 nitrogen and oxygen atoms in total. The fourth-order valence-corrected chi connectivity index (χ4v) is 17.6. The number of para-hydroxylation sites is 4. The van der Waals surface area contributed by atoms with Gasteiger partial charge >= 0.3 is 0 Å². The Labute approximate surface area is 641 Å². The number of anilines is 9. The van der Waals surface area contributed by atoms with Gasteiger partial charge in [0.1, 0.15) is 0 Å². The summed E-state index contributed by atoms with van der Waals surface area (Å²) < 4.78 is 2.51. The third-order valence-electron chi connectivity index (χ3n) is 22.9. The van der Waals surface area contributed by atoms with Gasteiger partial charge < -0.3 is 19.3 Å². The predicted molar refractivity (Wildman–Crippen MR) is 468 cm³/mol. The van der Waals surface area contributed by atoms with Gasteiger partial charge in [0, 0.05) is 83.6 Å². The number of benzene rings is 16. The fraction of sp³-hybridized carbons (Fsp3) is 0.115. The first kappa shape index (κ1) is 66.9. The van der Waals surface area contributed by atoms with Crippen LogP contribution in [0.2, 0.25) is 0 Å². The molecule has 1 aromatic heterocycles. The van der Waals surface area contributed by atoms with Crippen LogP contribution in [0.15, 0.2) is 352 Å². The molecule has 19 rings (SSSR count). The minimum Gasteiger partial charge on any atom is -0.310 e. The van der Waals surface area contributed by atoms with E-state index in [2.05, 4.69) is 433 Å². The lowest BCUT2D eigenvalue weighted by Gasteiger charge is -2.47. The van der Waals surface area contributed by atoms with E-state index in [1.54, 1.807) is 0 Å². The molecule has 0 fully saturated rings. The minimum atomic E-state index is -0.347. The van der Waals surface area contributed by atoms with E-state index >= 15 is 0 Å². The van der Waals surface area contributed by atoms with E-state index in [0.29, 0.717) is 0 Å². The van der Waals surface area contributed by atoms with E-state index in [1.807, 2.05) is 0 Å². The second-order valence-corrected chi connectivity index (χ2v) is 32.8. The van der Waals surface area contributed by atoms with Crippen LogP contribution < -0.4 is 31.1 Å². The van der Waals surface area contributed by atoms with Gasteiger partial charge in [0.25, 0.3) is 6.71 Å². The maximum atomic E-state index is 2.75. The van der Waals surface area contributed by atoms with Crippen molar-refractivity contribution in [2.45, 2.75) is 78.6 Å². The van der Waals surface area contributed by atoms with Crippen molar-refractivity contribution in [2.75, 3.05) is 14.7 Å². The summed E-state index contributed by atoms with van der Waals surface area (Å²) in [6.45, 7) is 21.1. The van der Waals surface area contributed by atoms with E-state index in [-0.39, 0.29) is 23.0 Å². The Balaban J connectivity index is 0.990. The zero-order valence-electron chi connectivity index (χ0n) is 63.4. The molecule has 0 N–H and O–H groups in total. The van der Waals surface area contributed by atoms with Gasteiger partial charge in [-0.05, 0) is 184 Å². The summed E-state index contributed by atoms with van der Waals surface area (Å²) in [5.74, 6) is 0. The molecule has 0 amide bonds. The standard InChI is InChI=1S/C104H85BN4/c1-102(2,3)73-61-85(68-36-16-10-17-37-68)100(86(62-73)69-38-18-11-19-39-69)108-93-60-72(97-81-50-28-30-52-83(81)99(84-53-31-29-51-82(84)97)106(76-44-24-14-25-45-76)77-46-26-15-27-47-77)56-58-89(93)105-90-59-57-78(107-91-54-34-32-48-79(91)80-49-33-35-55-92(80)107)67-94(90)109(96-66-75(104(7,8)9)65-95(108)98(96)105)101-87(70-40-20-12-21-41-70)63-74(103(4,5)6)64-88(101)71-42-22-13-23-43-71/h10-67H,1-9H3. The molecule has 109 heavy (non-hydrogen) atoms. The van der Waals surface area contributed by atoms with Crippen molar-refractivity contribution in [3.63, 3.8) is 0 Å². The monoisotopic (exact) mass is 1400 g/mol. The lowest BCUT2D eigenvalue weighted by Crippen LogP contribution is -2.61. The summed E-state index contributed by atoms with van der Waals surface area (Å²) in [4.78, 5) is 7.95. The van der Waals surface area contributed by atoms with Crippen molar-refractivity contribution in [3.8, 4) is 61.3 Å². The van der Waals surface area contributed by atoms with Crippen molar-refractivity contribution < 1.29 is 0 Å². The van der Waals surface area contributed by atoms with Crippen molar-refractivity contribution in [1.29, 1.82) is 0 Å². The molecule has 0 spiro atoms. The first-order valence-corrected chi connectivity index (χ1v) is 38.5. The summed E-state index contributed by atoms with van der Waals surface area (Å²) in [6, 6.07) is 133. The molecule has 2 aliphatic rings. The van der Waals surface area contributed by atoms with Crippen molar-refractivity contribution in [1.82, 2.24) is 4.57 Å². The maximum absolute atomic E-state index is 2.75. The number of fused-ring (bicyclic) bond motifs is 9. The van der Waals surface area contributed by atoms with Crippen LogP contribution in [0.3, 0.4) is 0 Å². The summed E-state index contributed by atoms with van der Waals surface area (Å²) in [5, 5.41) is 7.14. The Morgan fingerprint density at radius 1 is 0.266 bits per heavy atom. The third-order valence-corrected chi connectivity index (χ3v) is 22.9. The Hall–Kier alpha value is -12.7. The van der Waals surface area contributed by atoms with Gasteiger partial charge in [-0.25, -0.2) is 0 Å². The van der Waals surface area contributed by atoms with Crippen molar-refractivity contribution >= 4 is 118 Å². The molecule has 3 heterocycles. The molecule has 17 aromatic rings. The van der Waals surface area contributed by atoms with E-state index in [0.717, 1.165) is 95.8 Å². The molecule has 0 radical (unpaired) electrons. The summed E-state index contributed by atoms with van der Waals surface area (Å²) >= 11 is 0.